The van der Waals surface area contributed by atoms with Crippen LogP contribution in [-0.4, -0.2) is 44.0 Å². The molecule has 0 saturated carbocycles. The SMILES string of the molecule is CCOCC(=O)N(C)Cc1ccc(C(=O)NC)cc1. The van der Waals surface area contributed by atoms with Gasteiger partial charge in [-0.15, -0.1) is 0 Å². The molecule has 1 rings (SSSR count). The molecule has 5 heteroatoms. The molecule has 5 nitrogen and oxygen atoms in total. The normalized spacial score (nSPS) is 10.1. The molecule has 1 aromatic rings. The molecule has 0 saturated heterocycles. The van der Waals surface area contributed by atoms with Crippen molar-refractivity contribution in [1.29, 1.82) is 0 Å². The Labute approximate surface area is 113 Å². The summed E-state index contributed by atoms with van der Waals surface area (Å²) >= 11 is 0. The molecule has 0 unspecified atom stereocenters. The summed E-state index contributed by atoms with van der Waals surface area (Å²) < 4.78 is 5.08. The number of carbonyl (C=O) groups excluding carboxylic acids is 2. The van der Waals surface area contributed by atoms with Crippen LogP contribution in [0.1, 0.15) is 22.8 Å². The van der Waals surface area contributed by atoms with Crippen molar-refractivity contribution in [3.8, 4) is 0 Å². The number of likely N-dealkylation sites (N-methyl/N-ethyl adjacent to an activating group) is 1. The Morgan fingerprint density at radius 1 is 1.26 bits per heavy atom. The molecular formula is C14H20N2O3. The Morgan fingerprint density at radius 2 is 1.89 bits per heavy atom. The number of benzene rings is 1. The Balaban J connectivity index is 2.57. The lowest BCUT2D eigenvalue weighted by molar-refractivity contribution is -0.135. The molecule has 1 N–H and O–H groups in total. The van der Waals surface area contributed by atoms with Gasteiger partial charge in [0.25, 0.3) is 5.91 Å². The van der Waals surface area contributed by atoms with Crippen molar-refractivity contribution in [1.82, 2.24) is 10.2 Å². The third-order valence-electron chi connectivity index (χ3n) is 2.72. The third kappa shape index (κ3) is 4.71. The standard InChI is InChI=1S/C14H20N2O3/c1-4-19-10-13(17)16(3)9-11-5-7-12(8-6-11)14(18)15-2/h5-8H,4,9-10H2,1-3H3,(H,15,18). The van der Waals surface area contributed by atoms with E-state index in [1.54, 1.807) is 31.1 Å². The van der Waals surface area contributed by atoms with E-state index >= 15 is 0 Å². The quantitative estimate of drug-likeness (QED) is 0.835. The summed E-state index contributed by atoms with van der Waals surface area (Å²) in [7, 11) is 3.32. The molecule has 19 heavy (non-hydrogen) atoms. The first-order valence-electron chi connectivity index (χ1n) is 6.21. The second-order valence-corrected chi connectivity index (χ2v) is 4.16. The van der Waals surface area contributed by atoms with E-state index in [-0.39, 0.29) is 18.4 Å². The van der Waals surface area contributed by atoms with E-state index < -0.39 is 0 Å². The summed E-state index contributed by atoms with van der Waals surface area (Å²) in [5.41, 5.74) is 1.58. The van der Waals surface area contributed by atoms with Crippen LogP contribution in [0.15, 0.2) is 24.3 Å². The Hall–Kier alpha value is -1.88. The lowest BCUT2D eigenvalue weighted by Gasteiger charge is -2.17. The Kier molecular flexibility index (Phi) is 6.02. The highest BCUT2D eigenvalue weighted by molar-refractivity contribution is 5.93. The maximum atomic E-state index is 11.7. The first kappa shape index (κ1) is 15.2. The summed E-state index contributed by atoms with van der Waals surface area (Å²) in [6.45, 7) is 2.98. The number of nitrogens with one attached hydrogen (secondary N) is 1. The van der Waals surface area contributed by atoms with Crippen molar-refractivity contribution in [3.05, 3.63) is 35.4 Å². The zero-order chi connectivity index (χ0) is 14.3. The second-order valence-electron chi connectivity index (χ2n) is 4.16. The predicted molar refractivity (Wildman–Crippen MR) is 72.8 cm³/mol. The number of rotatable bonds is 6. The van der Waals surface area contributed by atoms with Crippen LogP contribution < -0.4 is 5.32 Å². The van der Waals surface area contributed by atoms with E-state index in [4.69, 9.17) is 4.74 Å². The van der Waals surface area contributed by atoms with E-state index in [1.165, 1.54) is 0 Å². The number of amides is 2. The lowest BCUT2D eigenvalue weighted by Crippen LogP contribution is -2.29. The number of ether oxygens (including phenoxy) is 1. The van der Waals surface area contributed by atoms with Gasteiger partial charge in [0.2, 0.25) is 5.91 Å². The van der Waals surface area contributed by atoms with E-state index in [1.807, 2.05) is 19.1 Å². The molecule has 0 aliphatic carbocycles. The second kappa shape index (κ2) is 7.53. The van der Waals surface area contributed by atoms with Gasteiger partial charge in [-0.2, -0.15) is 0 Å². The maximum Gasteiger partial charge on any atom is 0.251 e. The Bertz CT molecular complexity index is 429. The monoisotopic (exact) mass is 264 g/mol. The van der Waals surface area contributed by atoms with Gasteiger partial charge >= 0.3 is 0 Å². The minimum atomic E-state index is -0.118. The molecule has 0 aromatic heterocycles. The highest BCUT2D eigenvalue weighted by Gasteiger charge is 2.09. The fourth-order valence-corrected chi connectivity index (χ4v) is 1.57. The van der Waals surface area contributed by atoms with Gasteiger partial charge in [-0.3, -0.25) is 9.59 Å². The van der Waals surface area contributed by atoms with Crippen molar-refractivity contribution in [2.24, 2.45) is 0 Å². The van der Waals surface area contributed by atoms with Crippen molar-refractivity contribution in [3.63, 3.8) is 0 Å². The van der Waals surface area contributed by atoms with Gasteiger partial charge in [0.1, 0.15) is 6.61 Å². The third-order valence-corrected chi connectivity index (χ3v) is 2.72. The molecular weight excluding hydrogens is 244 g/mol. The fraction of sp³-hybridized carbons (Fsp3) is 0.429. The first-order valence-corrected chi connectivity index (χ1v) is 6.21. The summed E-state index contributed by atoms with van der Waals surface area (Å²) in [5, 5.41) is 2.56. The van der Waals surface area contributed by atoms with Gasteiger partial charge in [-0.1, -0.05) is 12.1 Å². The highest BCUT2D eigenvalue weighted by Crippen LogP contribution is 2.07. The average molecular weight is 264 g/mol. The zero-order valence-corrected chi connectivity index (χ0v) is 11.6. The molecule has 0 fully saturated rings. The molecule has 0 bridgehead atoms. The van der Waals surface area contributed by atoms with Crippen molar-refractivity contribution < 1.29 is 14.3 Å². The van der Waals surface area contributed by atoms with E-state index in [0.29, 0.717) is 18.7 Å². The van der Waals surface area contributed by atoms with Gasteiger partial charge in [0.05, 0.1) is 0 Å². The fourth-order valence-electron chi connectivity index (χ4n) is 1.57. The number of hydrogen-bond donors (Lipinski definition) is 1. The first-order chi connectivity index (χ1) is 9.08. The largest absolute Gasteiger partial charge is 0.372 e. The Morgan fingerprint density at radius 3 is 2.42 bits per heavy atom. The van der Waals surface area contributed by atoms with Crippen LogP contribution in [0.3, 0.4) is 0 Å². The molecule has 1 aromatic carbocycles. The maximum absolute atomic E-state index is 11.7. The summed E-state index contributed by atoms with van der Waals surface area (Å²) in [6.07, 6.45) is 0. The molecule has 104 valence electrons. The van der Waals surface area contributed by atoms with Crippen molar-refractivity contribution in [2.75, 3.05) is 27.3 Å². The van der Waals surface area contributed by atoms with Gasteiger partial charge < -0.3 is 15.0 Å². The van der Waals surface area contributed by atoms with Crippen LogP contribution >= 0.6 is 0 Å². The smallest absolute Gasteiger partial charge is 0.251 e. The summed E-state index contributed by atoms with van der Waals surface area (Å²) in [5.74, 6) is -0.176. The van der Waals surface area contributed by atoms with Crippen LogP contribution in [0, 0.1) is 0 Å². The number of nitrogens with zero attached hydrogens (tertiary/aromatic N) is 1. The van der Waals surface area contributed by atoms with Crippen LogP contribution in [0.2, 0.25) is 0 Å². The molecule has 0 atom stereocenters. The zero-order valence-electron chi connectivity index (χ0n) is 11.6. The molecule has 0 radical (unpaired) electrons. The van der Waals surface area contributed by atoms with Crippen molar-refractivity contribution in [2.45, 2.75) is 13.5 Å². The van der Waals surface area contributed by atoms with Gasteiger partial charge in [0.15, 0.2) is 0 Å². The van der Waals surface area contributed by atoms with E-state index in [2.05, 4.69) is 5.32 Å². The highest BCUT2D eigenvalue weighted by atomic mass is 16.5. The number of hydrogen-bond acceptors (Lipinski definition) is 3. The summed E-state index contributed by atoms with van der Waals surface area (Å²) in [6, 6.07) is 7.17. The molecule has 0 aliphatic rings. The molecule has 2 amide bonds. The van der Waals surface area contributed by atoms with Gasteiger partial charge in [0, 0.05) is 32.8 Å². The average Bonchev–Trinajstić information content (AvgIpc) is 2.44. The minimum Gasteiger partial charge on any atom is -0.372 e. The van der Waals surface area contributed by atoms with Crippen LogP contribution in [0.5, 0.6) is 0 Å². The minimum absolute atomic E-state index is 0.0581. The molecule has 0 spiro atoms. The van der Waals surface area contributed by atoms with Crippen LogP contribution in [-0.2, 0) is 16.1 Å². The number of carbonyl (C=O) groups is 2. The molecule has 0 aliphatic heterocycles. The topological polar surface area (TPSA) is 58.6 Å². The van der Waals surface area contributed by atoms with E-state index in [9.17, 15) is 9.59 Å². The van der Waals surface area contributed by atoms with Gasteiger partial charge in [-0.05, 0) is 24.6 Å². The van der Waals surface area contributed by atoms with Crippen molar-refractivity contribution >= 4 is 11.8 Å². The summed E-state index contributed by atoms with van der Waals surface area (Å²) in [4.78, 5) is 24.6. The van der Waals surface area contributed by atoms with Gasteiger partial charge in [-0.25, -0.2) is 0 Å². The van der Waals surface area contributed by atoms with E-state index in [0.717, 1.165) is 5.56 Å². The predicted octanol–water partition coefficient (Wildman–Crippen LogP) is 1.04. The van der Waals surface area contributed by atoms with Crippen LogP contribution in [0.4, 0.5) is 0 Å². The van der Waals surface area contributed by atoms with Crippen LogP contribution in [0.25, 0.3) is 0 Å². The molecule has 0 heterocycles. The lowest BCUT2D eigenvalue weighted by atomic mass is 10.1.